The lowest BCUT2D eigenvalue weighted by Crippen LogP contribution is -2.08. The third-order valence-corrected chi connectivity index (χ3v) is 3.72. The van der Waals surface area contributed by atoms with Gasteiger partial charge in [0.1, 0.15) is 5.75 Å². The first-order valence-electron chi connectivity index (χ1n) is 6.16. The molecule has 0 bridgehead atoms. The molecular weight excluding hydrogens is 401 g/mol. The summed E-state index contributed by atoms with van der Waals surface area (Å²) in [4.78, 5) is 11.9. The van der Waals surface area contributed by atoms with Gasteiger partial charge in [-0.2, -0.15) is 0 Å². The molecule has 108 valence electrons. The Balaban J connectivity index is 2.01. The van der Waals surface area contributed by atoms with E-state index >= 15 is 0 Å². The number of amides is 1. The molecule has 0 fully saturated rings. The fraction of sp³-hybridized carbons (Fsp3) is 0.0625. The first-order chi connectivity index (χ1) is 10.1. The van der Waals surface area contributed by atoms with E-state index in [1.807, 2.05) is 30.3 Å². The summed E-state index contributed by atoms with van der Waals surface area (Å²) in [5.74, 6) is 0.552. The zero-order valence-electron chi connectivity index (χ0n) is 11.3. The number of anilines is 1. The number of nitrogens with one attached hydrogen (secondary N) is 1. The minimum absolute atomic E-state index is 0.228. The van der Waals surface area contributed by atoms with Crippen LogP contribution in [0, 0.1) is 3.57 Å². The molecule has 0 spiro atoms. The van der Waals surface area contributed by atoms with Crippen molar-refractivity contribution in [3.05, 3.63) is 62.7 Å². The molecule has 0 aliphatic rings. The van der Waals surface area contributed by atoms with Gasteiger partial charge >= 0.3 is 0 Å². The quantitative estimate of drug-likeness (QED) is 0.587. The Kier molecular flexibility index (Phi) is 5.64. The SMILES string of the molecule is COc1ccc(C=CC(=O)Nc2ccc(I)cc2Cl)cc1. The van der Waals surface area contributed by atoms with Crippen LogP contribution in [0.25, 0.3) is 6.08 Å². The highest BCUT2D eigenvalue weighted by Gasteiger charge is 2.03. The van der Waals surface area contributed by atoms with Gasteiger partial charge in [0.05, 0.1) is 17.8 Å². The summed E-state index contributed by atoms with van der Waals surface area (Å²) in [5.41, 5.74) is 1.51. The van der Waals surface area contributed by atoms with Gasteiger partial charge in [-0.25, -0.2) is 0 Å². The standard InChI is InChI=1S/C16H13ClINO2/c1-21-13-6-2-11(3-7-13)4-9-16(20)19-15-8-5-12(18)10-14(15)17/h2-10H,1H3,(H,19,20). The number of ether oxygens (including phenoxy) is 1. The van der Waals surface area contributed by atoms with E-state index in [2.05, 4.69) is 27.9 Å². The van der Waals surface area contributed by atoms with Gasteiger partial charge in [0.25, 0.3) is 0 Å². The van der Waals surface area contributed by atoms with Gasteiger partial charge in [0, 0.05) is 9.65 Å². The Labute approximate surface area is 142 Å². The molecule has 2 rings (SSSR count). The van der Waals surface area contributed by atoms with Crippen molar-refractivity contribution < 1.29 is 9.53 Å². The molecule has 1 N–H and O–H groups in total. The van der Waals surface area contributed by atoms with Crippen LogP contribution in [-0.2, 0) is 4.79 Å². The molecule has 0 saturated heterocycles. The summed E-state index contributed by atoms with van der Waals surface area (Å²) in [6, 6.07) is 12.9. The maximum absolute atomic E-state index is 11.9. The van der Waals surface area contributed by atoms with Crippen LogP contribution >= 0.6 is 34.2 Å². The summed E-state index contributed by atoms with van der Waals surface area (Å²) >= 11 is 8.23. The summed E-state index contributed by atoms with van der Waals surface area (Å²) in [6.07, 6.45) is 3.20. The molecule has 0 unspecified atom stereocenters. The first kappa shape index (κ1) is 15.9. The van der Waals surface area contributed by atoms with Crippen molar-refractivity contribution in [3.8, 4) is 5.75 Å². The van der Waals surface area contributed by atoms with Gasteiger partial charge < -0.3 is 10.1 Å². The molecule has 1 amide bonds. The van der Waals surface area contributed by atoms with Crippen molar-refractivity contribution in [1.82, 2.24) is 0 Å². The molecule has 5 heteroatoms. The Hall–Kier alpha value is -1.53. The normalized spacial score (nSPS) is 10.6. The van der Waals surface area contributed by atoms with Gasteiger partial charge in [-0.15, -0.1) is 0 Å². The molecule has 2 aromatic carbocycles. The van der Waals surface area contributed by atoms with E-state index in [1.165, 1.54) is 6.08 Å². The van der Waals surface area contributed by atoms with E-state index in [-0.39, 0.29) is 5.91 Å². The smallest absolute Gasteiger partial charge is 0.248 e. The summed E-state index contributed by atoms with van der Waals surface area (Å²) in [6.45, 7) is 0. The van der Waals surface area contributed by atoms with Crippen LogP contribution in [0.4, 0.5) is 5.69 Å². The highest BCUT2D eigenvalue weighted by molar-refractivity contribution is 14.1. The number of hydrogen-bond donors (Lipinski definition) is 1. The summed E-state index contributed by atoms with van der Waals surface area (Å²) in [7, 11) is 1.61. The second-order valence-corrected chi connectivity index (χ2v) is 5.87. The van der Waals surface area contributed by atoms with Crippen molar-refractivity contribution in [3.63, 3.8) is 0 Å². The highest BCUT2D eigenvalue weighted by atomic mass is 127. The highest BCUT2D eigenvalue weighted by Crippen LogP contribution is 2.23. The molecule has 3 nitrogen and oxygen atoms in total. The van der Waals surface area contributed by atoms with Crippen LogP contribution in [0.15, 0.2) is 48.5 Å². The number of carbonyl (C=O) groups is 1. The van der Waals surface area contributed by atoms with Crippen molar-refractivity contribution in [2.45, 2.75) is 0 Å². The van der Waals surface area contributed by atoms with Gasteiger partial charge in [-0.3, -0.25) is 4.79 Å². The zero-order chi connectivity index (χ0) is 15.2. The maximum atomic E-state index is 11.9. The minimum atomic E-state index is -0.228. The average Bonchev–Trinajstić information content (AvgIpc) is 2.48. The minimum Gasteiger partial charge on any atom is -0.497 e. The predicted molar refractivity (Wildman–Crippen MR) is 94.8 cm³/mol. The van der Waals surface area contributed by atoms with E-state index < -0.39 is 0 Å². The van der Waals surface area contributed by atoms with E-state index in [9.17, 15) is 4.79 Å². The lowest BCUT2D eigenvalue weighted by Gasteiger charge is -2.05. The summed E-state index contributed by atoms with van der Waals surface area (Å²) < 4.78 is 6.10. The molecule has 0 atom stereocenters. The van der Waals surface area contributed by atoms with Gasteiger partial charge in [0.2, 0.25) is 5.91 Å². The molecule has 2 aromatic rings. The lowest BCUT2D eigenvalue weighted by atomic mass is 10.2. The van der Waals surface area contributed by atoms with Crippen LogP contribution in [0.3, 0.4) is 0 Å². The molecular formula is C16H13ClINO2. The Morgan fingerprint density at radius 3 is 2.57 bits per heavy atom. The summed E-state index contributed by atoms with van der Waals surface area (Å²) in [5, 5.41) is 3.27. The van der Waals surface area contributed by atoms with Crippen LogP contribution in [0.2, 0.25) is 5.02 Å². The predicted octanol–water partition coefficient (Wildman–Crippen LogP) is 4.61. The van der Waals surface area contributed by atoms with Crippen molar-refractivity contribution in [2.75, 3.05) is 12.4 Å². The third-order valence-electron chi connectivity index (χ3n) is 2.73. The largest absolute Gasteiger partial charge is 0.497 e. The molecule has 21 heavy (non-hydrogen) atoms. The molecule has 0 saturated carbocycles. The molecule has 0 radical (unpaired) electrons. The molecule has 0 aliphatic carbocycles. The van der Waals surface area contributed by atoms with Crippen molar-refractivity contribution in [1.29, 1.82) is 0 Å². The second-order valence-electron chi connectivity index (χ2n) is 4.22. The number of rotatable bonds is 4. The van der Waals surface area contributed by atoms with Gasteiger partial charge in [0.15, 0.2) is 0 Å². The fourth-order valence-electron chi connectivity index (χ4n) is 1.65. The van der Waals surface area contributed by atoms with Crippen LogP contribution in [-0.4, -0.2) is 13.0 Å². The van der Waals surface area contributed by atoms with Crippen LogP contribution < -0.4 is 10.1 Å². The molecule has 0 aliphatic heterocycles. The zero-order valence-corrected chi connectivity index (χ0v) is 14.2. The monoisotopic (exact) mass is 413 g/mol. The second kappa shape index (κ2) is 7.47. The van der Waals surface area contributed by atoms with Crippen molar-refractivity contribution in [2.24, 2.45) is 0 Å². The number of halogens is 2. The lowest BCUT2D eigenvalue weighted by molar-refractivity contribution is -0.111. The molecule has 0 heterocycles. The Morgan fingerprint density at radius 1 is 1.24 bits per heavy atom. The fourth-order valence-corrected chi connectivity index (χ4v) is 2.56. The molecule has 0 aromatic heterocycles. The number of methoxy groups -OCH3 is 1. The van der Waals surface area contributed by atoms with E-state index in [4.69, 9.17) is 16.3 Å². The maximum Gasteiger partial charge on any atom is 0.248 e. The Morgan fingerprint density at radius 2 is 1.95 bits per heavy atom. The Bertz CT molecular complexity index is 668. The number of hydrogen-bond acceptors (Lipinski definition) is 2. The van der Waals surface area contributed by atoms with E-state index in [0.717, 1.165) is 14.9 Å². The third kappa shape index (κ3) is 4.75. The topological polar surface area (TPSA) is 38.3 Å². The van der Waals surface area contributed by atoms with Gasteiger partial charge in [-0.1, -0.05) is 23.7 Å². The van der Waals surface area contributed by atoms with Crippen LogP contribution in [0.5, 0.6) is 5.75 Å². The number of carbonyl (C=O) groups excluding carboxylic acids is 1. The van der Waals surface area contributed by atoms with Crippen molar-refractivity contribution >= 4 is 51.9 Å². The average molecular weight is 414 g/mol. The number of benzene rings is 2. The van der Waals surface area contributed by atoms with Gasteiger partial charge in [-0.05, 0) is 64.6 Å². The van der Waals surface area contributed by atoms with E-state index in [0.29, 0.717) is 10.7 Å². The van der Waals surface area contributed by atoms with Crippen LogP contribution in [0.1, 0.15) is 5.56 Å². The first-order valence-corrected chi connectivity index (χ1v) is 7.62. The van der Waals surface area contributed by atoms with E-state index in [1.54, 1.807) is 25.3 Å².